The van der Waals surface area contributed by atoms with Gasteiger partial charge in [0, 0.05) is 6.54 Å². The Kier molecular flexibility index (Phi) is 3.63. The number of hydrogen-bond donors (Lipinski definition) is 1. The first-order valence-corrected chi connectivity index (χ1v) is 5.97. The van der Waals surface area contributed by atoms with Gasteiger partial charge in [-0.1, -0.05) is 42.5 Å². The first-order valence-electron chi connectivity index (χ1n) is 5.97. The summed E-state index contributed by atoms with van der Waals surface area (Å²) in [5, 5.41) is 9.98. The van der Waals surface area contributed by atoms with Crippen molar-refractivity contribution in [3.8, 4) is 0 Å². The molecule has 94 valence electrons. The van der Waals surface area contributed by atoms with Gasteiger partial charge in [-0.3, -0.25) is 4.79 Å². The number of benzene rings is 1. The normalized spacial score (nSPS) is 24.3. The molecule has 3 atom stereocenters. The fourth-order valence-electron chi connectivity index (χ4n) is 2.44. The van der Waals surface area contributed by atoms with Crippen molar-refractivity contribution in [2.24, 2.45) is 0 Å². The first kappa shape index (κ1) is 12.6. The van der Waals surface area contributed by atoms with Crippen LogP contribution in [-0.2, 0) is 4.79 Å². The number of carbonyl (C=O) groups excluding carboxylic acids is 1. The highest BCUT2D eigenvalue weighted by Gasteiger charge is 2.49. The van der Waals surface area contributed by atoms with E-state index in [0.29, 0.717) is 6.54 Å². The Labute approximate surface area is 107 Å². The first-order chi connectivity index (χ1) is 8.70. The molecule has 18 heavy (non-hydrogen) atoms. The molecule has 0 radical (unpaired) electrons. The number of amides is 1. The van der Waals surface area contributed by atoms with E-state index < -0.39 is 6.10 Å². The van der Waals surface area contributed by atoms with Crippen molar-refractivity contribution in [1.29, 1.82) is 0 Å². The van der Waals surface area contributed by atoms with Crippen molar-refractivity contribution in [3.05, 3.63) is 61.2 Å². The van der Waals surface area contributed by atoms with Gasteiger partial charge in [-0.15, -0.1) is 13.2 Å². The predicted octanol–water partition coefficient (Wildman–Crippen LogP) is 1.71. The number of aliphatic hydroxyl groups is 1. The van der Waals surface area contributed by atoms with Gasteiger partial charge in [0.1, 0.15) is 0 Å². The summed E-state index contributed by atoms with van der Waals surface area (Å²) in [4.78, 5) is 13.8. The molecule has 2 rings (SSSR count). The zero-order valence-corrected chi connectivity index (χ0v) is 10.2. The van der Waals surface area contributed by atoms with Crippen LogP contribution in [0.5, 0.6) is 0 Å². The van der Waals surface area contributed by atoms with Crippen LogP contribution < -0.4 is 0 Å². The summed E-state index contributed by atoms with van der Waals surface area (Å²) < 4.78 is 0. The number of β-lactam (4-membered cyclic amide) rings is 1. The zero-order valence-electron chi connectivity index (χ0n) is 10.2. The molecule has 1 aromatic rings. The Morgan fingerprint density at radius 1 is 1.33 bits per heavy atom. The zero-order chi connectivity index (χ0) is 13.1. The molecule has 3 heteroatoms. The molecule has 1 unspecified atom stereocenters. The maximum atomic E-state index is 12.1. The monoisotopic (exact) mass is 243 g/mol. The fraction of sp³-hybridized carbons (Fsp3) is 0.267. The number of hydrogen-bond acceptors (Lipinski definition) is 2. The number of nitrogens with zero attached hydrogens (tertiary/aromatic N) is 1. The van der Waals surface area contributed by atoms with Crippen LogP contribution in [0.15, 0.2) is 55.6 Å². The van der Waals surface area contributed by atoms with Gasteiger partial charge in [0.15, 0.2) is 0 Å². The van der Waals surface area contributed by atoms with Gasteiger partial charge in [0.2, 0.25) is 5.91 Å². The van der Waals surface area contributed by atoms with E-state index in [1.165, 1.54) is 6.08 Å². The third kappa shape index (κ3) is 1.97. The van der Waals surface area contributed by atoms with Crippen LogP contribution in [0.4, 0.5) is 0 Å². The van der Waals surface area contributed by atoms with Crippen LogP contribution in [0, 0.1) is 0 Å². The standard InChI is InChI=1S/C15H17NO2/c1-3-10-16-14(12(17)4-2)13(15(16)18)11-8-6-5-7-9-11/h3-9,12-14,17H,1-2,10H2/t12?,13-,14-/m1/s1. The minimum atomic E-state index is -0.715. The second-order valence-electron chi connectivity index (χ2n) is 4.38. The van der Waals surface area contributed by atoms with Gasteiger partial charge in [0.05, 0.1) is 18.1 Å². The van der Waals surface area contributed by atoms with Crippen LogP contribution in [0.1, 0.15) is 11.5 Å². The van der Waals surface area contributed by atoms with Crippen LogP contribution in [0.25, 0.3) is 0 Å². The van der Waals surface area contributed by atoms with E-state index in [-0.39, 0.29) is 17.9 Å². The highest BCUT2D eigenvalue weighted by atomic mass is 16.3. The minimum Gasteiger partial charge on any atom is -0.387 e. The van der Waals surface area contributed by atoms with E-state index in [0.717, 1.165) is 5.56 Å². The van der Waals surface area contributed by atoms with Crippen LogP contribution in [0.3, 0.4) is 0 Å². The summed E-state index contributed by atoms with van der Waals surface area (Å²) in [5.41, 5.74) is 0.939. The van der Waals surface area contributed by atoms with Crippen molar-refractivity contribution in [1.82, 2.24) is 4.90 Å². The maximum Gasteiger partial charge on any atom is 0.232 e. The number of aliphatic hydroxyl groups excluding tert-OH is 1. The average molecular weight is 243 g/mol. The molecule has 1 aliphatic rings. The summed E-state index contributed by atoms with van der Waals surface area (Å²) in [5.74, 6) is -0.244. The molecule has 0 bridgehead atoms. The van der Waals surface area contributed by atoms with Crippen molar-refractivity contribution < 1.29 is 9.90 Å². The number of carbonyl (C=O) groups is 1. The predicted molar refractivity (Wildman–Crippen MR) is 71.1 cm³/mol. The van der Waals surface area contributed by atoms with E-state index in [4.69, 9.17) is 0 Å². The number of rotatable bonds is 5. The second kappa shape index (κ2) is 5.19. The second-order valence-corrected chi connectivity index (χ2v) is 4.38. The quantitative estimate of drug-likeness (QED) is 0.632. The molecular formula is C15H17NO2. The minimum absolute atomic E-state index is 0.0343. The van der Waals surface area contributed by atoms with E-state index >= 15 is 0 Å². The number of likely N-dealkylation sites (tertiary alicyclic amines) is 1. The molecule has 1 N–H and O–H groups in total. The van der Waals surface area contributed by atoms with Crippen LogP contribution in [-0.4, -0.2) is 34.6 Å². The van der Waals surface area contributed by atoms with E-state index in [1.807, 2.05) is 30.3 Å². The molecule has 0 spiro atoms. The lowest BCUT2D eigenvalue weighted by atomic mass is 9.78. The summed E-state index contributed by atoms with van der Waals surface area (Å²) >= 11 is 0. The van der Waals surface area contributed by atoms with Gasteiger partial charge >= 0.3 is 0 Å². The SMILES string of the molecule is C=CCN1C(=O)[C@H](c2ccccc2)[C@H]1C(O)C=C. The molecule has 1 saturated heterocycles. The van der Waals surface area contributed by atoms with Crippen LogP contribution >= 0.6 is 0 Å². The lowest BCUT2D eigenvalue weighted by Crippen LogP contribution is -2.63. The average Bonchev–Trinajstić information content (AvgIpc) is 2.42. The third-order valence-corrected chi connectivity index (χ3v) is 3.33. The molecule has 1 heterocycles. The lowest BCUT2D eigenvalue weighted by molar-refractivity contribution is -0.153. The summed E-state index contributed by atoms with van der Waals surface area (Å²) in [6.07, 6.45) is 2.43. The Morgan fingerprint density at radius 3 is 2.56 bits per heavy atom. The Hall–Kier alpha value is -1.87. The maximum absolute atomic E-state index is 12.1. The van der Waals surface area contributed by atoms with Crippen molar-refractivity contribution in [2.45, 2.75) is 18.1 Å². The molecule has 0 saturated carbocycles. The van der Waals surface area contributed by atoms with Gasteiger partial charge < -0.3 is 10.0 Å². The molecule has 1 aliphatic heterocycles. The smallest absolute Gasteiger partial charge is 0.232 e. The van der Waals surface area contributed by atoms with E-state index in [1.54, 1.807) is 11.0 Å². The van der Waals surface area contributed by atoms with E-state index in [2.05, 4.69) is 13.2 Å². The summed E-state index contributed by atoms with van der Waals surface area (Å²) in [7, 11) is 0. The van der Waals surface area contributed by atoms with Crippen LogP contribution in [0.2, 0.25) is 0 Å². The van der Waals surface area contributed by atoms with Gasteiger partial charge in [0.25, 0.3) is 0 Å². The van der Waals surface area contributed by atoms with Crippen molar-refractivity contribution in [3.63, 3.8) is 0 Å². The molecule has 1 amide bonds. The molecular weight excluding hydrogens is 226 g/mol. The Bertz CT molecular complexity index is 455. The van der Waals surface area contributed by atoms with E-state index in [9.17, 15) is 9.90 Å². The fourth-order valence-corrected chi connectivity index (χ4v) is 2.44. The largest absolute Gasteiger partial charge is 0.387 e. The lowest BCUT2D eigenvalue weighted by Gasteiger charge is -2.48. The summed E-state index contributed by atoms with van der Waals surface area (Å²) in [6.45, 7) is 7.69. The highest BCUT2D eigenvalue weighted by Crippen LogP contribution is 2.37. The van der Waals surface area contributed by atoms with Crippen molar-refractivity contribution >= 4 is 5.91 Å². The Balaban J connectivity index is 2.27. The molecule has 3 nitrogen and oxygen atoms in total. The van der Waals surface area contributed by atoms with Crippen molar-refractivity contribution in [2.75, 3.05) is 6.54 Å². The summed E-state index contributed by atoms with van der Waals surface area (Å²) in [6, 6.07) is 9.29. The van der Waals surface area contributed by atoms with Gasteiger partial charge in [-0.25, -0.2) is 0 Å². The molecule has 0 aliphatic carbocycles. The van der Waals surface area contributed by atoms with Gasteiger partial charge in [-0.05, 0) is 5.56 Å². The van der Waals surface area contributed by atoms with Gasteiger partial charge in [-0.2, -0.15) is 0 Å². The molecule has 0 aromatic heterocycles. The highest BCUT2D eigenvalue weighted by molar-refractivity contribution is 5.91. The Morgan fingerprint density at radius 2 is 2.00 bits per heavy atom. The molecule has 1 fully saturated rings. The third-order valence-electron chi connectivity index (χ3n) is 3.33. The molecule has 1 aromatic carbocycles. The topological polar surface area (TPSA) is 40.5 Å².